The summed E-state index contributed by atoms with van der Waals surface area (Å²) in [5.41, 5.74) is 1.12. The average Bonchev–Trinajstić information content (AvgIpc) is 2.42. The summed E-state index contributed by atoms with van der Waals surface area (Å²) in [4.78, 5) is 4.11. The first-order chi connectivity index (χ1) is 9.69. The summed E-state index contributed by atoms with van der Waals surface area (Å²) < 4.78 is 7.87. The highest BCUT2D eigenvalue weighted by atomic mass is 79.9. The van der Waals surface area contributed by atoms with E-state index < -0.39 is 0 Å². The van der Waals surface area contributed by atoms with Crippen LogP contribution >= 0.6 is 31.9 Å². The molecule has 2 rings (SSSR count). The zero-order valence-electron chi connectivity index (χ0n) is 11.2. The smallest absolute Gasteiger partial charge is 0.146 e. The van der Waals surface area contributed by atoms with E-state index in [0.29, 0.717) is 0 Å². The first-order valence-electron chi connectivity index (χ1n) is 6.46. The van der Waals surface area contributed by atoms with Crippen LogP contribution in [-0.2, 0) is 6.54 Å². The molecule has 20 heavy (non-hydrogen) atoms. The number of ether oxygens (including phenoxy) is 1. The van der Waals surface area contributed by atoms with Crippen LogP contribution in [0.2, 0.25) is 0 Å². The van der Waals surface area contributed by atoms with Gasteiger partial charge >= 0.3 is 0 Å². The minimum Gasteiger partial charge on any atom is -0.455 e. The van der Waals surface area contributed by atoms with Crippen LogP contribution in [0.15, 0.2) is 45.6 Å². The van der Waals surface area contributed by atoms with Crippen LogP contribution in [0.1, 0.15) is 18.9 Å². The number of halogens is 2. The molecule has 0 spiro atoms. The minimum atomic E-state index is 0.721. The van der Waals surface area contributed by atoms with E-state index in [9.17, 15) is 0 Å². The highest BCUT2D eigenvalue weighted by Gasteiger charge is 2.06. The van der Waals surface area contributed by atoms with Gasteiger partial charge in [-0.2, -0.15) is 0 Å². The van der Waals surface area contributed by atoms with Crippen LogP contribution in [0, 0.1) is 0 Å². The van der Waals surface area contributed by atoms with Crippen LogP contribution in [0.25, 0.3) is 0 Å². The second-order valence-electron chi connectivity index (χ2n) is 4.37. The summed E-state index contributed by atoms with van der Waals surface area (Å²) in [6.07, 6.45) is 4.55. The Balaban J connectivity index is 2.17. The number of benzene rings is 1. The zero-order chi connectivity index (χ0) is 14.4. The molecule has 106 valence electrons. The van der Waals surface area contributed by atoms with Crippen molar-refractivity contribution < 1.29 is 4.74 Å². The maximum atomic E-state index is 5.92. The first kappa shape index (κ1) is 15.5. The molecule has 3 nitrogen and oxygen atoms in total. The molecule has 0 saturated heterocycles. The summed E-state index contributed by atoms with van der Waals surface area (Å²) in [6, 6.07) is 7.92. The molecule has 5 heteroatoms. The fourth-order valence-corrected chi connectivity index (χ4v) is 2.51. The molecule has 0 radical (unpaired) electrons. The molecule has 0 aliphatic rings. The largest absolute Gasteiger partial charge is 0.455 e. The van der Waals surface area contributed by atoms with Gasteiger partial charge in [-0.3, -0.25) is 4.98 Å². The Morgan fingerprint density at radius 3 is 2.75 bits per heavy atom. The quantitative estimate of drug-likeness (QED) is 0.701. The fourth-order valence-electron chi connectivity index (χ4n) is 1.76. The highest BCUT2D eigenvalue weighted by Crippen LogP contribution is 2.28. The zero-order valence-corrected chi connectivity index (χ0v) is 14.4. The second kappa shape index (κ2) is 7.76. The van der Waals surface area contributed by atoms with Crippen LogP contribution in [0.5, 0.6) is 11.5 Å². The van der Waals surface area contributed by atoms with E-state index in [1.165, 1.54) is 0 Å². The van der Waals surface area contributed by atoms with Crippen molar-refractivity contribution in [3.63, 3.8) is 0 Å². The molecular weight excluding hydrogens is 384 g/mol. The van der Waals surface area contributed by atoms with Gasteiger partial charge in [-0.1, -0.05) is 22.9 Å². The summed E-state index contributed by atoms with van der Waals surface area (Å²) in [7, 11) is 0. The van der Waals surface area contributed by atoms with Crippen LogP contribution < -0.4 is 10.1 Å². The molecule has 0 saturated carbocycles. The Morgan fingerprint density at radius 2 is 2.00 bits per heavy atom. The third kappa shape index (κ3) is 4.58. The van der Waals surface area contributed by atoms with Gasteiger partial charge in [0, 0.05) is 27.3 Å². The Morgan fingerprint density at radius 1 is 1.15 bits per heavy atom. The van der Waals surface area contributed by atoms with Crippen molar-refractivity contribution in [2.24, 2.45) is 0 Å². The van der Waals surface area contributed by atoms with E-state index in [4.69, 9.17) is 4.74 Å². The van der Waals surface area contributed by atoms with Crippen LogP contribution in [-0.4, -0.2) is 11.5 Å². The lowest BCUT2D eigenvalue weighted by atomic mass is 10.2. The van der Waals surface area contributed by atoms with Crippen molar-refractivity contribution in [1.29, 1.82) is 0 Å². The maximum Gasteiger partial charge on any atom is 0.146 e. The lowest BCUT2D eigenvalue weighted by molar-refractivity contribution is 0.470. The molecule has 0 atom stereocenters. The van der Waals surface area contributed by atoms with E-state index >= 15 is 0 Å². The summed E-state index contributed by atoms with van der Waals surface area (Å²) in [5, 5.41) is 3.39. The first-order valence-corrected chi connectivity index (χ1v) is 8.05. The van der Waals surface area contributed by atoms with Gasteiger partial charge in [0.15, 0.2) is 0 Å². The molecule has 0 unspecified atom stereocenters. The number of aromatic nitrogens is 1. The van der Waals surface area contributed by atoms with Gasteiger partial charge in [0.1, 0.15) is 11.5 Å². The van der Waals surface area contributed by atoms with Gasteiger partial charge < -0.3 is 10.1 Å². The molecular formula is C15H16Br2N2O. The van der Waals surface area contributed by atoms with Crippen molar-refractivity contribution in [3.05, 3.63) is 51.2 Å². The van der Waals surface area contributed by atoms with Crippen molar-refractivity contribution in [2.45, 2.75) is 19.9 Å². The molecule has 1 N–H and O–H groups in total. The number of rotatable bonds is 6. The van der Waals surface area contributed by atoms with Crippen LogP contribution in [0.3, 0.4) is 0 Å². The van der Waals surface area contributed by atoms with Gasteiger partial charge in [0.2, 0.25) is 0 Å². The molecule has 1 aromatic carbocycles. The lowest BCUT2D eigenvalue weighted by Crippen LogP contribution is -2.14. The Labute approximate surface area is 136 Å². The molecule has 1 heterocycles. The van der Waals surface area contributed by atoms with E-state index in [2.05, 4.69) is 55.2 Å². The third-order valence-electron chi connectivity index (χ3n) is 2.67. The molecule has 0 fully saturated rings. The molecule has 0 aliphatic carbocycles. The van der Waals surface area contributed by atoms with Crippen molar-refractivity contribution >= 4 is 31.9 Å². The number of nitrogens with zero attached hydrogens (tertiary/aromatic N) is 1. The van der Waals surface area contributed by atoms with Crippen molar-refractivity contribution in [2.75, 3.05) is 6.54 Å². The van der Waals surface area contributed by atoms with E-state index in [-0.39, 0.29) is 0 Å². The predicted octanol–water partition coefficient (Wildman–Crippen LogP) is 4.90. The summed E-state index contributed by atoms with van der Waals surface area (Å²) in [5.74, 6) is 1.56. The third-order valence-corrected chi connectivity index (χ3v) is 3.60. The lowest BCUT2D eigenvalue weighted by Gasteiger charge is -2.12. The number of nitrogens with one attached hydrogen (secondary N) is 1. The van der Waals surface area contributed by atoms with Crippen LogP contribution in [0.4, 0.5) is 0 Å². The second-order valence-corrected chi connectivity index (χ2v) is 6.20. The standard InChI is InChI=1S/C15H16Br2N2O/c1-2-5-18-8-11-6-12(16)3-4-15(11)20-14-7-13(17)9-19-10-14/h3-4,6-7,9-10,18H,2,5,8H2,1H3. The van der Waals surface area contributed by atoms with E-state index in [1.807, 2.05) is 18.2 Å². The molecule has 2 aromatic rings. The van der Waals surface area contributed by atoms with Gasteiger partial charge in [0.25, 0.3) is 0 Å². The SMILES string of the molecule is CCCNCc1cc(Br)ccc1Oc1cncc(Br)c1. The molecule has 1 aromatic heterocycles. The van der Waals surface area contributed by atoms with E-state index in [1.54, 1.807) is 12.4 Å². The van der Waals surface area contributed by atoms with Gasteiger partial charge in [-0.25, -0.2) is 0 Å². The van der Waals surface area contributed by atoms with Gasteiger partial charge in [-0.05, 0) is 53.2 Å². The topological polar surface area (TPSA) is 34.1 Å². The Hall–Kier alpha value is -0.910. The van der Waals surface area contributed by atoms with Crippen molar-refractivity contribution in [3.8, 4) is 11.5 Å². The number of pyridine rings is 1. The highest BCUT2D eigenvalue weighted by molar-refractivity contribution is 9.10. The summed E-state index contributed by atoms with van der Waals surface area (Å²) >= 11 is 6.89. The Bertz CT molecular complexity index is 576. The van der Waals surface area contributed by atoms with Gasteiger partial charge in [0.05, 0.1) is 6.20 Å². The summed E-state index contributed by atoms with van der Waals surface area (Å²) in [6.45, 7) is 3.92. The fraction of sp³-hybridized carbons (Fsp3) is 0.267. The van der Waals surface area contributed by atoms with Gasteiger partial charge in [-0.15, -0.1) is 0 Å². The molecule has 0 bridgehead atoms. The average molecular weight is 400 g/mol. The Kier molecular flexibility index (Phi) is 6.01. The molecule has 0 aliphatic heterocycles. The normalized spacial score (nSPS) is 10.6. The van der Waals surface area contributed by atoms with E-state index in [0.717, 1.165) is 45.5 Å². The predicted molar refractivity (Wildman–Crippen MR) is 88.2 cm³/mol. The maximum absolute atomic E-state index is 5.92. The van der Waals surface area contributed by atoms with Crippen molar-refractivity contribution in [1.82, 2.24) is 10.3 Å². The number of hydrogen-bond acceptors (Lipinski definition) is 3. The molecule has 0 amide bonds. The number of hydrogen-bond donors (Lipinski definition) is 1. The monoisotopic (exact) mass is 398 g/mol. The minimum absolute atomic E-state index is 0.721.